The molecule has 102 valence electrons. The minimum atomic E-state index is -0.627. The number of rotatable bonds is 9. The predicted octanol–water partition coefficient (Wildman–Crippen LogP) is 1.39. The van der Waals surface area contributed by atoms with Crippen LogP contribution >= 0.6 is 0 Å². The van der Waals surface area contributed by atoms with Gasteiger partial charge in [-0.2, -0.15) is 0 Å². The second-order valence-electron chi connectivity index (χ2n) is 4.42. The van der Waals surface area contributed by atoms with Gasteiger partial charge in [0.2, 0.25) is 5.91 Å². The van der Waals surface area contributed by atoms with Crippen molar-refractivity contribution >= 4 is 5.91 Å². The van der Waals surface area contributed by atoms with E-state index in [1.807, 2.05) is 32.6 Å². The maximum Gasteiger partial charge on any atom is 0.223 e. The molecule has 0 aromatic rings. The van der Waals surface area contributed by atoms with Gasteiger partial charge < -0.3 is 15.3 Å². The zero-order valence-electron chi connectivity index (χ0n) is 11.8. The van der Waals surface area contributed by atoms with Gasteiger partial charge in [-0.1, -0.05) is 13.8 Å². The van der Waals surface area contributed by atoms with Crippen LogP contribution in [0.25, 0.3) is 0 Å². The third kappa shape index (κ3) is 6.03. The van der Waals surface area contributed by atoms with Crippen LogP contribution in [-0.2, 0) is 4.79 Å². The van der Waals surface area contributed by atoms with Crippen molar-refractivity contribution in [1.82, 2.24) is 10.2 Å². The Hall–Kier alpha value is -0.610. The molecule has 17 heavy (non-hydrogen) atoms. The van der Waals surface area contributed by atoms with Crippen molar-refractivity contribution in [2.24, 2.45) is 0 Å². The lowest BCUT2D eigenvalue weighted by Crippen LogP contribution is -2.41. The van der Waals surface area contributed by atoms with Crippen LogP contribution in [0.4, 0.5) is 0 Å². The second kappa shape index (κ2) is 8.48. The molecule has 0 fully saturated rings. The highest BCUT2D eigenvalue weighted by Crippen LogP contribution is 2.12. The molecule has 0 saturated carbocycles. The van der Waals surface area contributed by atoms with Crippen LogP contribution in [-0.4, -0.2) is 47.7 Å². The minimum Gasteiger partial charge on any atom is -0.389 e. The van der Waals surface area contributed by atoms with E-state index < -0.39 is 5.60 Å². The molecule has 0 saturated heterocycles. The molecule has 0 radical (unpaired) electrons. The number of nitrogens with zero attached hydrogens (tertiary/aromatic N) is 1. The van der Waals surface area contributed by atoms with Crippen molar-refractivity contribution in [3.05, 3.63) is 0 Å². The Morgan fingerprint density at radius 2 is 1.71 bits per heavy atom. The van der Waals surface area contributed by atoms with E-state index in [0.717, 1.165) is 25.9 Å². The molecule has 0 bridgehead atoms. The lowest BCUT2D eigenvalue weighted by atomic mass is 9.98. The Bertz CT molecular complexity index is 211. The molecule has 4 nitrogen and oxygen atoms in total. The number of nitrogens with one attached hydrogen (secondary N) is 1. The minimum absolute atomic E-state index is 0.180. The van der Waals surface area contributed by atoms with Crippen molar-refractivity contribution in [3.8, 4) is 0 Å². The van der Waals surface area contributed by atoms with Crippen molar-refractivity contribution in [1.29, 1.82) is 0 Å². The van der Waals surface area contributed by atoms with E-state index in [2.05, 4.69) is 5.32 Å². The summed E-state index contributed by atoms with van der Waals surface area (Å²) in [7, 11) is 0. The van der Waals surface area contributed by atoms with Gasteiger partial charge in [0.05, 0.1) is 5.60 Å². The van der Waals surface area contributed by atoms with Crippen LogP contribution in [0.5, 0.6) is 0 Å². The molecule has 0 aliphatic heterocycles. The van der Waals surface area contributed by atoms with E-state index in [1.54, 1.807) is 0 Å². The summed E-state index contributed by atoms with van der Waals surface area (Å²) in [5, 5.41) is 13.2. The lowest BCUT2D eigenvalue weighted by molar-refractivity contribution is -0.130. The van der Waals surface area contributed by atoms with Gasteiger partial charge in [-0.3, -0.25) is 4.79 Å². The van der Waals surface area contributed by atoms with E-state index >= 15 is 0 Å². The van der Waals surface area contributed by atoms with Crippen molar-refractivity contribution < 1.29 is 9.90 Å². The zero-order valence-corrected chi connectivity index (χ0v) is 11.8. The summed E-state index contributed by atoms with van der Waals surface area (Å²) < 4.78 is 0. The zero-order chi connectivity index (χ0) is 13.3. The summed E-state index contributed by atoms with van der Waals surface area (Å²) in [5.41, 5.74) is -0.627. The normalized spacial score (nSPS) is 11.6. The summed E-state index contributed by atoms with van der Waals surface area (Å²) >= 11 is 0. The molecule has 0 unspecified atom stereocenters. The highest BCUT2D eigenvalue weighted by molar-refractivity contribution is 5.76. The molecule has 0 heterocycles. The molecule has 0 aliphatic rings. The smallest absolute Gasteiger partial charge is 0.223 e. The molecular formula is C13H28N2O2. The second-order valence-corrected chi connectivity index (χ2v) is 4.42. The largest absolute Gasteiger partial charge is 0.389 e. The van der Waals surface area contributed by atoms with Crippen LogP contribution in [0.15, 0.2) is 0 Å². The highest BCUT2D eigenvalue weighted by Gasteiger charge is 2.21. The van der Waals surface area contributed by atoms with Gasteiger partial charge in [0, 0.05) is 32.6 Å². The molecule has 0 aromatic heterocycles. The molecule has 0 rings (SSSR count). The van der Waals surface area contributed by atoms with E-state index in [0.29, 0.717) is 19.5 Å². The first-order valence-corrected chi connectivity index (χ1v) is 6.73. The van der Waals surface area contributed by atoms with Crippen LogP contribution in [0, 0.1) is 0 Å². The van der Waals surface area contributed by atoms with Crippen LogP contribution in [0.2, 0.25) is 0 Å². The van der Waals surface area contributed by atoms with Gasteiger partial charge in [0.15, 0.2) is 0 Å². The van der Waals surface area contributed by atoms with E-state index in [-0.39, 0.29) is 5.91 Å². The van der Waals surface area contributed by atoms with Gasteiger partial charge in [-0.25, -0.2) is 0 Å². The molecule has 0 aromatic carbocycles. The van der Waals surface area contributed by atoms with Gasteiger partial charge in [-0.15, -0.1) is 0 Å². The number of hydrogen-bond donors (Lipinski definition) is 2. The summed E-state index contributed by atoms with van der Waals surface area (Å²) in [6, 6.07) is 0. The lowest BCUT2D eigenvalue weighted by Gasteiger charge is -2.25. The van der Waals surface area contributed by atoms with Crippen LogP contribution < -0.4 is 5.32 Å². The Kier molecular flexibility index (Phi) is 8.17. The number of amides is 1. The summed E-state index contributed by atoms with van der Waals surface area (Å²) in [4.78, 5) is 13.5. The van der Waals surface area contributed by atoms with Crippen molar-refractivity contribution in [3.63, 3.8) is 0 Å². The first kappa shape index (κ1) is 16.4. The van der Waals surface area contributed by atoms with E-state index in [4.69, 9.17) is 0 Å². The number of carbonyl (C=O) groups is 1. The van der Waals surface area contributed by atoms with Gasteiger partial charge >= 0.3 is 0 Å². The third-order valence-corrected chi connectivity index (χ3v) is 3.40. The maximum atomic E-state index is 11.7. The fraction of sp³-hybridized carbons (Fsp3) is 0.923. The first-order chi connectivity index (χ1) is 8.02. The Morgan fingerprint density at radius 3 is 2.12 bits per heavy atom. The topological polar surface area (TPSA) is 52.6 Å². The Balaban J connectivity index is 3.81. The molecule has 0 atom stereocenters. The molecule has 4 heteroatoms. The van der Waals surface area contributed by atoms with Gasteiger partial charge in [0.25, 0.3) is 0 Å². The molecule has 0 aliphatic carbocycles. The highest BCUT2D eigenvalue weighted by atomic mass is 16.3. The Morgan fingerprint density at radius 1 is 1.18 bits per heavy atom. The fourth-order valence-corrected chi connectivity index (χ4v) is 1.75. The average Bonchev–Trinajstić information content (AvgIpc) is 2.36. The van der Waals surface area contributed by atoms with E-state index in [1.165, 1.54) is 0 Å². The standard InChI is InChI=1S/C13H28N2O2/c1-5-13(17,6-2)11-14-10-9-12(16)15(7-3)8-4/h14,17H,5-11H2,1-4H3. The van der Waals surface area contributed by atoms with Gasteiger partial charge in [0.1, 0.15) is 0 Å². The molecule has 2 N–H and O–H groups in total. The SMILES string of the molecule is CCN(CC)C(=O)CCNCC(O)(CC)CC. The van der Waals surface area contributed by atoms with Crippen molar-refractivity contribution in [2.45, 2.75) is 52.6 Å². The van der Waals surface area contributed by atoms with Gasteiger partial charge in [-0.05, 0) is 26.7 Å². The average molecular weight is 244 g/mol. The van der Waals surface area contributed by atoms with Crippen LogP contribution in [0.1, 0.15) is 47.0 Å². The quantitative estimate of drug-likeness (QED) is 0.603. The third-order valence-electron chi connectivity index (χ3n) is 3.40. The Labute approximate surface area is 105 Å². The summed E-state index contributed by atoms with van der Waals surface area (Å²) in [6.45, 7) is 10.7. The predicted molar refractivity (Wildman–Crippen MR) is 70.9 cm³/mol. The number of carbonyl (C=O) groups excluding carboxylic acids is 1. The first-order valence-electron chi connectivity index (χ1n) is 6.73. The summed E-state index contributed by atoms with van der Waals surface area (Å²) in [6.07, 6.45) is 1.98. The monoisotopic (exact) mass is 244 g/mol. The van der Waals surface area contributed by atoms with Crippen molar-refractivity contribution in [2.75, 3.05) is 26.2 Å². The van der Waals surface area contributed by atoms with E-state index in [9.17, 15) is 9.90 Å². The van der Waals surface area contributed by atoms with Crippen LogP contribution in [0.3, 0.4) is 0 Å². The molecule has 1 amide bonds. The summed E-state index contributed by atoms with van der Waals surface area (Å²) in [5.74, 6) is 0.180. The number of hydrogen-bond acceptors (Lipinski definition) is 3. The molecular weight excluding hydrogens is 216 g/mol. The fourth-order valence-electron chi connectivity index (χ4n) is 1.75. The number of aliphatic hydroxyl groups is 1. The molecule has 0 spiro atoms. The maximum absolute atomic E-state index is 11.7.